The first-order chi connectivity index (χ1) is 6.61. The molecule has 0 aliphatic rings. The van der Waals surface area contributed by atoms with E-state index in [0.717, 1.165) is 12.1 Å². The second-order valence-corrected chi connectivity index (χ2v) is 2.54. The Morgan fingerprint density at radius 3 is 2.43 bits per heavy atom. The summed E-state index contributed by atoms with van der Waals surface area (Å²) in [5.41, 5.74) is 4.46. The van der Waals surface area contributed by atoms with E-state index in [1.807, 2.05) is 0 Å². The summed E-state index contributed by atoms with van der Waals surface area (Å²) in [6.45, 7) is 0. The van der Waals surface area contributed by atoms with Crippen molar-refractivity contribution >= 4 is 5.91 Å². The van der Waals surface area contributed by atoms with Crippen LogP contribution in [-0.4, -0.2) is 5.91 Å². The summed E-state index contributed by atoms with van der Waals surface area (Å²) >= 11 is 0. The van der Waals surface area contributed by atoms with Crippen LogP contribution < -0.4 is 5.73 Å². The van der Waals surface area contributed by atoms with Crippen LogP contribution in [-0.2, 0) is 4.79 Å². The number of carbonyl (C=O) groups is 1. The van der Waals surface area contributed by atoms with Crippen LogP contribution in [0.15, 0.2) is 18.2 Å². The highest BCUT2D eigenvalue weighted by Gasteiger charge is 2.03. The van der Waals surface area contributed by atoms with Crippen molar-refractivity contribution in [2.75, 3.05) is 0 Å². The molecule has 0 aromatic heterocycles. The third-order valence-electron chi connectivity index (χ3n) is 1.44. The molecule has 72 valence electrons. The molecule has 0 saturated carbocycles. The molecule has 1 rings (SSSR count). The number of carbonyl (C=O) groups excluding carboxylic acids is 1. The quantitative estimate of drug-likeness (QED) is 0.672. The Hall–Kier alpha value is -1.89. The van der Waals surface area contributed by atoms with Gasteiger partial charge >= 0.3 is 0 Å². The number of hydrogen-bond acceptors (Lipinski definition) is 1. The van der Waals surface area contributed by atoms with Crippen LogP contribution in [0.3, 0.4) is 0 Å². The molecule has 0 unspecified atom stereocenters. The molecular formula is C10H7F2NO. The fourth-order valence-corrected chi connectivity index (χ4v) is 0.837. The highest BCUT2D eigenvalue weighted by molar-refractivity contribution is 5.76. The van der Waals surface area contributed by atoms with Gasteiger partial charge in [0.1, 0.15) is 11.6 Å². The minimum Gasteiger partial charge on any atom is -0.369 e. The summed E-state index contributed by atoms with van der Waals surface area (Å²) in [5.74, 6) is 2.36. The molecule has 2 nitrogen and oxygen atoms in total. The van der Waals surface area contributed by atoms with Gasteiger partial charge in [-0.05, 0) is 12.1 Å². The summed E-state index contributed by atoms with van der Waals surface area (Å²) in [6, 6.07) is 3.43. The molecular weight excluding hydrogens is 188 g/mol. The predicted octanol–water partition coefficient (Wildman–Crippen LogP) is 1.19. The van der Waals surface area contributed by atoms with Gasteiger partial charge in [0.05, 0.1) is 12.0 Å². The van der Waals surface area contributed by atoms with E-state index >= 15 is 0 Å². The number of benzene rings is 1. The van der Waals surface area contributed by atoms with E-state index in [1.165, 1.54) is 6.07 Å². The first kappa shape index (κ1) is 10.2. The second kappa shape index (κ2) is 4.38. The van der Waals surface area contributed by atoms with Crippen molar-refractivity contribution < 1.29 is 13.6 Å². The summed E-state index contributed by atoms with van der Waals surface area (Å²) < 4.78 is 25.8. The van der Waals surface area contributed by atoms with Gasteiger partial charge < -0.3 is 5.73 Å². The van der Waals surface area contributed by atoms with Gasteiger partial charge in [-0.1, -0.05) is 17.9 Å². The number of rotatable bonds is 1. The molecule has 0 bridgehead atoms. The van der Waals surface area contributed by atoms with E-state index < -0.39 is 17.5 Å². The lowest BCUT2D eigenvalue weighted by atomic mass is 10.2. The van der Waals surface area contributed by atoms with Crippen LogP contribution in [0.1, 0.15) is 12.0 Å². The molecule has 0 radical (unpaired) electrons. The molecule has 0 atom stereocenters. The maximum Gasteiger partial charge on any atom is 0.229 e. The van der Waals surface area contributed by atoms with Crippen LogP contribution in [0.2, 0.25) is 0 Å². The van der Waals surface area contributed by atoms with E-state index in [9.17, 15) is 13.6 Å². The van der Waals surface area contributed by atoms with Crippen molar-refractivity contribution in [3.63, 3.8) is 0 Å². The normalized spacial score (nSPS) is 9.00. The fourth-order valence-electron chi connectivity index (χ4n) is 0.837. The highest BCUT2D eigenvalue weighted by atomic mass is 19.1. The van der Waals surface area contributed by atoms with Gasteiger partial charge in [-0.15, -0.1) is 0 Å². The smallest absolute Gasteiger partial charge is 0.229 e. The average molecular weight is 195 g/mol. The molecule has 1 aromatic carbocycles. The third kappa shape index (κ3) is 2.56. The van der Waals surface area contributed by atoms with E-state index in [1.54, 1.807) is 0 Å². The molecule has 0 fully saturated rings. The highest BCUT2D eigenvalue weighted by Crippen LogP contribution is 2.09. The molecule has 2 N–H and O–H groups in total. The Morgan fingerprint density at radius 1 is 1.36 bits per heavy atom. The Kier molecular flexibility index (Phi) is 3.19. The van der Waals surface area contributed by atoms with Gasteiger partial charge in [0.15, 0.2) is 0 Å². The van der Waals surface area contributed by atoms with E-state index in [4.69, 9.17) is 5.73 Å². The molecule has 0 saturated heterocycles. The van der Waals surface area contributed by atoms with Crippen LogP contribution in [0.5, 0.6) is 0 Å². The SMILES string of the molecule is NC(=O)CC#Cc1c(F)cccc1F. The van der Waals surface area contributed by atoms with Crippen molar-refractivity contribution in [3.8, 4) is 11.8 Å². The lowest BCUT2D eigenvalue weighted by Crippen LogP contribution is -2.08. The van der Waals surface area contributed by atoms with E-state index in [-0.39, 0.29) is 12.0 Å². The van der Waals surface area contributed by atoms with Crippen LogP contribution in [0.4, 0.5) is 8.78 Å². The van der Waals surface area contributed by atoms with Crippen molar-refractivity contribution in [2.45, 2.75) is 6.42 Å². The lowest BCUT2D eigenvalue weighted by molar-refractivity contribution is -0.117. The summed E-state index contributed by atoms with van der Waals surface area (Å²) in [4.78, 5) is 10.3. The number of amides is 1. The van der Waals surface area contributed by atoms with Gasteiger partial charge in [0.2, 0.25) is 5.91 Å². The Bertz CT molecular complexity index is 398. The minimum atomic E-state index is -0.748. The van der Waals surface area contributed by atoms with Crippen molar-refractivity contribution in [1.29, 1.82) is 0 Å². The van der Waals surface area contributed by atoms with Gasteiger partial charge in [0.25, 0.3) is 0 Å². The number of halogens is 2. The lowest BCUT2D eigenvalue weighted by Gasteiger charge is -1.94. The Labute approximate surface area is 79.7 Å². The molecule has 1 amide bonds. The largest absolute Gasteiger partial charge is 0.369 e. The average Bonchev–Trinajstić information content (AvgIpc) is 2.09. The molecule has 0 aliphatic heterocycles. The number of primary amides is 1. The van der Waals surface area contributed by atoms with Crippen LogP contribution >= 0.6 is 0 Å². The summed E-state index contributed by atoms with van der Waals surface area (Å²) in [7, 11) is 0. The minimum absolute atomic E-state index is 0.215. The maximum absolute atomic E-state index is 12.9. The molecule has 4 heteroatoms. The topological polar surface area (TPSA) is 43.1 Å². The van der Waals surface area contributed by atoms with Gasteiger partial charge in [0, 0.05) is 0 Å². The van der Waals surface area contributed by atoms with E-state index in [0.29, 0.717) is 0 Å². The first-order valence-corrected chi connectivity index (χ1v) is 3.82. The molecule has 1 aromatic rings. The molecule has 0 heterocycles. The summed E-state index contributed by atoms with van der Waals surface area (Å²) in [6.07, 6.45) is -0.215. The van der Waals surface area contributed by atoms with E-state index in [2.05, 4.69) is 11.8 Å². The molecule has 0 aliphatic carbocycles. The van der Waals surface area contributed by atoms with Crippen molar-refractivity contribution in [2.24, 2.45) is 5.73 Å². The molecule has 14 heavy (non-hydrogen) atoms. The number of hydrogen-bond donors (Lipinski definition) is 1. The van der Waals surface area contributed by atoms with Gasteiger partial charge in [-0.3, -0.25) is 4.79 Å². The molecule has 0 spiro atoms. The van der Waals surface area contributed by atoms with Crippen LogP contribution in [0, 0.1) is 23.5 Å². The second-order valence-electron chi connectivity index (χ2n) is 2.54. The van der Waals surface area contributed by atoms with Gasteiger partial charge in [-0.25, -0.2) is 8.78 Å². The van der Waals surface area contributed by atoms with Crippen molar-refractivity contribution in [1.82, 2.24) is 0 Å². The zero-order chi connectivity index (χ0) is 10.6. The first-order valence-electron chi connectivity index (χ1n) is 3.82. The maximum atomic E-state index is 12.9. The zero-order valence-corrected chi connectivity index (χ0v) is 7.18. The zero-order valence-electron chi connectivity index (χ0n) is 7.18. The van der Waals surface area contributed by atoms with Crippen molar-refractivity contribution in [3.05, 3.63) is 35.4 Å². The monoisotopic (exact) mass is 195 g/mol. The fraction of sp³-hybridized carbons (Fsp3) is 0.100. The number of nitrogens with two attached hydrogens (primary N) is 1. The predicted molar refractivity (Wildman–Crippen MR) is 47.0 cm³/mol. The summed E-state index contributed by atoms with van der Waals surface area (Å²) in [5, 5.41) is 0. The third-order valence-corrected chi connectivity index (χ3v) is 1.44. The Morgan fingerprint density at radius 2 is 1.93 bits per heavy atom. The standard InChI is InChI=1S/C10H7F2NO/c11-8-4-2-5-9(12)7(8)3-1-6-10(13)14/h2,4-5H,6H2,(H2,13,14). The van der Waals surface area contributed by atoms with Crippen LogP contribution in [0.25, 0.3) is 0 Å². The Balaban J connectivity index is 2.94. The van der Waals surface area contributed by atoms with Gasteiger partial charge in [-0.2, -0.15) is 0 Å².